The lowest BCUT2D eigenvalue weighted by atomic mass is 10.1. The maximum absolute atomic E-state index is 12.8. The summed E-state index contributed by atoms with van der Waals surface area (Å²) in [6, 6.07) is 1.88. The van der Waals surface area contributed by atoms with E-state index in [1.54, 1.807) is 18.6 Å². The van der Waals surface area contributed by atoms with E-state index in [1.807, 2.05) is 17.9 Å². The number of H-pyrrole nitrogens is 2. The number of nitrogens with one attached hydrogen (secondary N) is 2. The number of pyridine rings is 1. The molecule has 3 aromatic rings. The van der Waals surface area contributed by atoms with Crippen molar-refractivity contribution in [2.24, 2.45) is 0 Å². The maximum atomic E-state index is 12.8. The van der Waals surface area contributed by atoms with Crippen LogP contribution in [0.25, 0.3) is 11.0 Å². The van der Waals surface area contributed by atoms with Crippen molar-refractivity contribution in [3.05, 3.63) is 41.7 Å². The molecule has 0 saturated carbocycles. The number of likely N-dealkylation sites (tertiary alicyclic amines) is 1. The average molecular weight is 296 g/mol. The molecule has 2 N–H and O–H groups in total. The van der Waals surface area contributed by atoms with Crippen molar-refractivity contribution in [3.8, 4) is 0 Å². The molecule has 1 aliphatic heterocycles. The van der Waals surface area contributed by atoms with Crippen molar-refractivity contribution in [1.29, 1.82) is 0 Å². The summed E-state index contributed by atoms with van der Waals surface area (Å²) in [6.45, 7) is 2.67. The zero-order chi connectivity index (χ0) is 15.1. The van der Waals surface area contributed by atoms with Crippen molar-refractivity contribution in [2.75, 3.05) is 6.54 Å². The standard InChI is InChI=1S/C15H16N6O/c1-9-11-7-10(8-18-13(11)20-19-9)15(22)21-6-2-3-12(21)14-16-4-5-17-14/h4-5,7-8,12H,2-3,6H2,1H3,(H,16,17)(H,18,19,20). The number of rotatable bonds is 2. The van der Waals surface area contributed by atoms with Crippen molar-refractivity contribution in [1.82, 2.24) is 30.0 Å². The third-order valence-electron chi connectivity index (χ3n) is 4.20. The molecule has 3 aromatic heterocycles. The fourth-order valence-corrected chi connectivity index (χ4v) is 3.06. The molecule has 4 rings (SSSR count). The van der Waals surface area contributed by atoms with E-state index in [4.69, 9.17) is 0 Å². The maximum Gasteiger partial charge on any atom is 0.256 e. The summed E-state index contributed by atoms with van der Waals surface area (Å²) in [6.07, 6.45) is 7.02. The number of hydrogen-bond acceptors (Lipinski definition) is 4. The number of fused-ring (bicyclic) bond motifs is 1. The molecule has 0 spiro atoms. The van der Waals surface area contributed by atoms with Gasteiger partial charge < -0.3 is 9.88 Å². The van der Waals surface area contributed by atoms with Crippen LogP contribution >= 0.6 is 0 Å². The first kappa shape index (κ1) is 13.0. The van der Waals surface area contributed by atoms with Crippen LogP contribution in [0.3, 0.4) is 0 Å². The monoisotopic (exact) mass is 296 g/mol. The van der Waals surface area contributed by atoms with Gasteiger partial charge >= 0.3 is 0 Å². The van der Waals surface area contributed by atoms with Gasteiger partial charge in [0, 0.05) is 36.2 Å². The highest BCUT2D eigenvalue weighted by Crippen LogP contribution is 2.31. The van der Waals surface area contributed by atoms with Crippen LogP contribution in [0.1, 0.15) is 40.8 Å². The molecule has 1 unspecified atom stereocenters. The molecule has 4 heterocycles. The second-order valence-electron chi connectivity index (χ2n) is 5.57. The summed E-state index contributed by atoms with van der Waals surface area (Å²) < 4.78 is 0. The molecule has 7 heteroatoms. The Balaban J connectivity index is 1.68. The van der Waals surface area contributed by atoms with E-state index in [0.717, 1.165) is 36.3 Å². The average Bonchev–Trinajstić information content (AvgIpc) is 3.26. The molecule has 0 aliphatic carbocycles. The summed E-state index contributed by atoms with van der Waals surface area (Å²) >= 11 is 0. The molecule has 1 saturated heterocycles. The van der Waals surface area contributed by atoms with Crippen LogP contribution in [-0.4, -0.2) is 42.5 Å². The number of carbonyl (C=O) groups is 1. The van der Waals surface area contributed by atoms with Gasteiger partial charge in [-0.25, -0.2) is 9.97 Å². The molecule has 112 valence electrons. The minimum atomic E-state index is -0.00565. The van der Waals surface area contributed by atoms with Gasteiger partial charge in [-0.1, -0.05) is 0 Å². The Morgan fingerprint density at radius 3 is 3.14 bits per heavy atom. The number of amides is 1. The molecule has 0 aromatic carbocycles. The van der Waals surface area contributed by atoms with Gasteiger partial charge in [-0.15, -0.1) is 0 Å². The van der Waals surface area contributed by atoms with Gasteiger partial charge in [-0.2, -0.15) is 5.10 Å². The number of nitrogens with zero attached hydrogens (tertiary/aromatic N) is 4. The van der Waals surface area contributed by atoms with E-state index >= 15 is 0 Å². The summed E-state index contributed by atoms with van der Waals surface area (Å²) in [7, 11) is 0. The Morgan fingerprint density at radius 1 is 1.41 bits per heavy atom. The highest BCUT2D eigenvalue weighted by molar-refractivity contribution is 5.97. The Kier molecular flexibility index (Phi) is 2.92. The highest BCUT2D eigenvalue weighted by atomic mass is 16.2. The number of carbonyl (C=O) groups excluding carboxylic acids is 1. The van der Waals surface area contributed by atoms with E-state index < -0.39 is 0 Å². The molecule has 1 aliphatic rings. The lowest BCUT2D eigenvalue weighted by molar-refractivity contribution is 0.0730. The van der Waals surface area contributed by atoms with E-state index in [0.29, 0.717) is 11.2 Å². The number of aromatic nitrogens is 5. The molecular formula is C15H16N6O. The molecule has 0 bridgehead atoms. The molecule has 1 amide bonds. The lowest BCUT2D eigenvalue weighted by Gasteiger charge is -2.23. The number of imidazole rings is 1. The SMILES string of the molecule is Cc1[nH]nc2ncc(C(=O)N3CCCC3c3ncc[nH]3)cc12. The lowest BCUT2D eigenvalue weighted by Crippen LogP contribution is -2.31. The van der Waals surface area contributed by atoms with Crippen LogP contribution in [0.4, 0.5) is 0 Å². The molecule has 0 radical (unpaired) electrons. The minimum absolute atomic E-state index is 0.00565. The smallest absolute Gasteiger partial charge is 0.256 e. The zero-order valence-electron chi connectivity index (χ0n) is 12.2. The summed E-state index contributed by atoms with van der Waals surface area (Å²) in [5, 5.41) is 7.88. The second-order valence-corrected chi connectivity index (χ2v) is 5.57. The van der Waals surface area contributed by atoms with E-state index in [2.05, 4.69) is 25.1 Å². The van der Waals surface area contributed by atoms with Gasteiger partial charge in [0.05, 0.1) is 11.6 Å². The predicted molar refractivity (Wildman–Crippen MR) is 80.2 cm³/mol. The van der Waals surface area contributed by atoms with Crippen molar-refractivity contribution < 1.29 is 4.79 Å². The van der Waals surface area contributed by atoms with E-state index in [-0.39, 0.29) is 11.9 Å². The van der Waals surface area contributed by atoms with Crippen LogP contribution in [0.15, 0.2) is 24.7 Å². The Morgan fingerprint density at radius 2 is 2.32 bits per heavy atom. The quantitative estimate of drug-likeness (QED) is 0.756. The number of hydrogen-bond donors (Lipinski definition) is 2. The van der Waals surface area contributed by atoms with Gasteiger partial charge in [-0.3, -0.25) is 9.89 Å². The highest BCUT2D eigenvalue weighted by Gasteiger charge is 2.32. The zero-order valence-corrected chi connectivity index (χ0v) is 12.2. The van der Waals surface area contributed by atoms with Gasteiger partial charge in [0.15, 0.2) is 5.65 Å². The first-order chi connectivity index (χ1) is 10.7. The van der Waals surface area contributed by atoms with Crippen LogP contribution < -0.4 is 0 Å². The Hall–Kier alpha value is -2.70. The first-order valence-electron chi connectivity index (χ1n) is 7.35. The molecule has 1 fully saturated rings. The molecular weight excluding hydrogens is 280 g/mol. The fraction of sp³-hybridized carbons (Fsp3) is 0.333. The van der Waals surface area contributed by atoms with E-state index in [1.165, 1.54) is 0 Å². The van der Waals surface area contributed by atoms with Crippen molar-refractivity contribution in [3.63, 3.8) is 0 Å². The van der Waals surface area contributed by atoms with Gasteiger partial charge in [-0.05, 0) is 25.8 Å². The van der Waals surface area contributed by atoms with Crippen LogP contribution in [0.5, 0.6) is 0 Å². The Labute approximate surface area is 126 Å². The van der Waals surface area contributed by atoms with Gasteiger partial charge in [0.25, 0.3) is 5.91 Å². The minimum Gasteiger partial charge on any atom is -0.347 e. The Bertz CT molecular complexity index is 822. The number of aromatic amines is 2. The van der Waals surface area contributed by atoms with Gasteiger partial charge in [0.2, 0.25) is 0 Å². The first-order valence-corrected chi connectivity index (χ1v) is 7.35. The topological polar surface area (TPSA) is 90.6 Å². The summed E-state index contributed by atoms with van der Waals surface area (Å²) in [4.78, 5) is 26.4. The normalized spacial score (nSPS) is 18.2. The summed E-state index contributed by atoms with van der Waals surface area (Å²) in [5.41, 5.74) is 2.15. The third-order valence-corrected chi connectivity index (χ3v) is 4.20. The molecule has 22 heavy (non-hydrogen) atoms. The van der Waals surface area contributed by atoms with Crippen molar-refractivity contribution >= 4 is 16.9 Å². The largest absolute Gasteiger partial charge is 0.347 e. The van der Waals surface area contributed by atoms with Crippen LogP contribution in [-0.2, 0) is 0 Å². The van der Waals surface area contributed by atoms with Crippen LogP contribution in [0, 0.1) is 6.92 Å². The predicted octanol–water partition coefficient (Wildman–Crippen LogP) is 1.97. The molecule has 7 nitrogen and oxygen atoms in total. The van der Waals surface area contributed by atoms with Crippen LogP contribution in [0.2, 0.25) is 0 Å². The fourth-order valence-electron chi connectivity index (χ4n) is 3.06. The van der Waals surface area contributed by atoms with Gasteiger partial charge in [0.1, 0.15) is 5.82 Å². The third kappa shape index (κ3) is 1.97. The second kappa shape index (κ2) is 4.94. The summed E-state index contributed by atoms with van der Waals surface area (Å²) in [5.74, 6) is 0.841. The van der Waals surface area contributed by atoms with E-state index in [9.17, 15) is 4.79 Å². The molecule has 1 atom stereocenters. The van der Waals surface area contributed by atoms with Crippen molar-refractivity contribution in [2.45, 2.75) is 25.8 Å². The number of aryl methyl sites for hydroxylation is 1.